The highest BCUT2D eigenvalue weighted by Crippen LogP contribution is 2.13. The fourth-order valence-electron chi connectivity index (χ4n) is 2.39. The van der Waals surface area contributed by atoms with Gasteiger partial charge in [0, 0.05) is 0 Å². The smallest absolute Gasteiger partial charge is 0.317 e. The van der Waals surface area contributed by atoms with Crippen LogP contribution >= 0.6 is 0 Å². The van der Waals surface area contributed by atoms with Gasteiger partial charge in [-0.3, -0.25) is 9.59 Å². The van der Waals surface area contributed by atoms with Gasteiger partial charge in [-0.15, -0.1) is 0 Å². The summed E-state index contributed by atoms with van der Waals surface area (Å²) in [5.41, 5.74) is 0. The van der Waals surface area contributed by atoms with Crippen LogP contribution in [0.4, 0.5) is 0 Å². The molecule has 0 aliphatic rings. The Morgan fingerprint density at radius 1 is 0.667 bits per heavy atom. The summed E-state index contributed by atoms with van der Waals surface area (Å²) in [6, 6.07) is 0. The summed E-state index contributed by atoms with van der Waals surface area (Å²) in [6.07, 6.45) is 6.87. The van der Waals surface area contributed by atoms with Crippen LogP contribution in [-0.4, -0.2) is 24.1 Å². The van der Waals surface area contributed by atoms with E-state index < -0.39 is 11.9 Å². The van der Waals surface area contributed by atoms with Gasteiger partial charge in [0.15, 0.2) is 0 Å². The average molecular weight is 300 g/mol. The largest absolute Gasteiger partial charge is 0.462 e. The highest BCUT2D eigenvalue weighted by atomic mass is 16.6. The molecule has 0 saturated carbocycles. The van der Waals surface area contributed by atoms with E-state index >= 15 is 0 Å². The number of rotatable bonds is 12. The highest BCUT2D eigenvalue weighted by Gasteiger charge is 2.19. The van der Waals surface area contributed by atoms with Crippen LogP contribution in [0.5, 0.6) is 0 Å². The summed E-state index contributed by atoms with van der Waals surface area (Å²) in [5.74, 6) is -0.919. The first-order valence-corrected chi connectivity index (χ1v) is 8.46. The molecule has 0 atom stereocenters. The standard InChI is InChI=1S/C17H32O4/c1-5-9-14(10-6-2)20-16(18)13-17(19)21-15(11-7-3)12-8-4/h14-15H,5-13H2,1-4H3. The zero-order valence-corrected chi connectivity index (χ0v) is 14.2. The first-order valence-electron chi connectivity index (χ1n) is 8.46. The van der Waals surface area contributed by atoms with E-state index in [4.69, 9.17) is 9.47 Å². The third-order valence-electron chi connectivity index (χ3n) is 3.33. The molecular weight excluding hydrogens is 268 g/mol. The topological polar surface area (TPSA) is 52.6 Å². The Morgan fingerprint density at radius 2 is 0.952 bits per heavy atom. The Bertz CT molecular complexity index is 249. The predicted molar refractivity (Wildman–Crippen MR) is 84.0 cm³/mol. The molecule has 0 aromatic carbocycles. The molecule has 0 aromatic rings. The number of hydrogen-bond acceptors (Lipinski definition) is 4. The summed E-state index contributed by atoms with van der Waals surface area (Å²) < 4.78 is 10.7. The first-order chi connectivity index (χ1) is 10.1. The van der Waals surface area contributed by atoms with E-state index in [2.05, 4.69) is 27.7 Å². The Balaban J connectivity index is 4.19. The van der Waals surface area contributed by atoms with Gasteiger partial charge in [0.05, 0.1) is 0 Å². The van der Waals surface area contributed by atoms with Crippen molar-refractivity contribution in [2.75, 3.05) is 0 Å². The molecule has 21 heavy (non-hydrogen) atoms. The van der Waals surface area contributed by atoms with Gasteiger partial charge in [-0.1, -0.05) is 53.4 Å². The molecule has 4 nitrogen and oxygen atoms in total. The van der Waals surface area contributed by atoms with Crippen LogP contribution in [-0.2, 0) is 19.1 Å². The van der Waals surface area contributed by atoms with E-state index in [1.54, 1.807) is 0 Å². The van der Waals surface area contributed by atoms with Gasteiger partial charge in [-0.25, -0.2) is 0 Å². The van der Waals surface area contributed by atoms with Crippen molar-refractivity contribution in [1.82, 2.24) is 0 Å². The number of carbonyl (C=O) groups excluding carboxylic acids is 2. The van der Waals surface area contributed by atoms with E-state index in [1.165, 1.54) is 0 Å². The Kier molecular flexibility index (Phi) is 12.0. The molecule has 4 heteroatoms. The van der Waals surface area contributed by atoms with Crippen molar-refractivity contribution in [3.8, 4) is 0 Å². The molecule has 0 N–H and O–H groups in total. The zero-order chi connectivity index (χ0) is 16.1. The number of carbonyl (C=O) groups is 2. The minimum atomic E-state index is -0.460. The number of esters is 2. The lowest BCUT2D eigenvalue weighted by atomic mass is 10.1. The van der Waals surface area contributed by atoms with Gasteiger partial charge in [-0.2, -0.15) is 0 Å². The zero-order valence-electron chi connectivity index (χ0n) is 14.2. The molecule has 0 aliphatic heterocycles. The predicted octanol–water partition coefficient (Wildman–Crippen LogP) is 4.40. The maximum absolute atomic E-state index is 11.8. The van der Waals surface area contributed by atoms with Gasteiger partial charge in [0.25, 0.3) is 0 Å². The number of hydrogen-bond donors (Lipinski definition) is 0. The molecule has 0 bridgehead atoms. The second-order valence-corrected chi connectivity index (χ2v) is 5.56. The lowest BCUT2D eigenvalue weighted by molar-refractivity contribution is -0.161. The van der Waals surface area contributed by atoms with Crippen LogP contribution in [0.3, 0.4) is 0 Å². The van der Waals surface area contributed by atoms with Crippen molar-refractivity contribution < 1.29 is 19.1 Å². The highest BCUT2D eigenvalue weighted by molar-refractivity contribution is 5.91. The molecule has 0 spiro atoms. The molecule has 0 fully saturated rings. The summed E-state index contributed by atoms with van der Waals surface area (Å²) in [4.78, 5) is 23.6. The van der Waals surface area contributed by atoms with E-state index in [0.29, 0.717) is 0 Å². The van der Waals surface area contributed by atoms with Crippen LogP contribution in [0, 0.1) is 0 Å². The van der Waals surface area contributed by atoms with Gasteiger partial charge < -0.3 is 9.47 Å². The third-order valence-corrected chi connectivity index (χ3v) is 3.33. The Morgan fingerprint density at radius 3 is 1.19 bits per heavy atom. The number of ether oxygens (including phenoxy) is 2. The minimum Gasteiger partial charge on any atom is -0.462 e. The average Bonchev–Trinajstić information content (AvgIpc) is 2.39. The first kappa shape index (κ1) is 19.9. The van der Waals surface area contributed by atoms with E-state index in [1.807, 2.05) is 0 Å². The monoisotopic (exact) mass is 300 g/mol. The van der Waals surface area contributed by atoms with Gasteiger partial charge in [0.1, 0.15) is 18.6 Å². The Labute approximate surface area is 129 Å². The second kappa shape index (κ2) is 12.7. The van der Waals surface area contributed by atoms with Crippen molar-refractivity contribution in [3.63, 3.8) is 0 Å². The summed E-state index contributed by atoms with van der Waals surface area (Å²) in [5, 5.41) is 0. The van der Waals surface area contributed by atoms with Crippen LogP contribution in [0.15, 0.2) is 0 Å². The van der Waals surface area contributed by atoms with Crippen molar-refractivity contribution in [3.05, 3.63) is 0 Å². The van der Waals surface area contributed by atoms with Gasteiger partial charge in [-0.05, 0) is 25.7 Å². The summed E-state index contributed by atoms with van der Waals surface area (Å²) in [7, 11) is 0. The van der Waals surface area contributed by atoms with Crippen LogP contribution < -0.4 is 0 Å². The molecule has 0 amide bonds. The lowest BCUT2D eigenvalue weighted by Gasteiger charge is -2.18. The van der Waals surface area contributed by atoms with E-state index in [9.17, 15) is 9.59 Å². The summed E-state index contributed by atoms with van der Waals surface area (Å²) >= 11 is 0. The maximum Gasteiger partial charge on any atom is 0.317 e. The molecule has 0 aliphatic carbocycles. The van der Waals surface area contributed by atoms with Crippen molar-refractivity contribution in [2.45, 2.75) is 97.7 Å². The molecule has 0 aromatic heterocycles. The fraction of sp³-hybridized carbons (Fsp3) is 0.882. The van der Waals surface area contributed by atoms with E-state index in [-0.39, 0.29) is 18.6 Å². The summed E-state index contributed by atoms with van der Waals surface area (Å²) in [6.45, 7) is 8.24. The molecule has 0 heterocycles. The second-order valence-electron chi connectivity index (χ2n) is 5.56. The SMILES string of the molecule is CCCC(CCC)OC(=O)CC(=O)OC(CCC)CCC. The molecule has 0 unspecified atom stereocenters. The van der Waals surface area contributed by atoms with Crippen LogP contribution in [0.1, 0.15) is 85.5 Å². The third kappa shape index (κ3) is 10.3. The quantitative estimate of drug-likeness (QED) is 0.396. The molecule has 0 rings (SSSR count). The molecular formula is C17H32O4. The molecule has 0 radical (unpaired) electrons. The Hall–Kier alpha value is -1.06. The molecule has 0 saturated heterocycles. The van der Waals surface area contributed by atoms with Gasteiger partial charge >= 0.3 is 11.9 Å². The van der Waals surface area contributed by atoms with Crippen LogP contribution in [0.25, 0.3) is 0 Å². The molecule has 124 valence electrons. The fourth-order valence-corrected chi connectivity index (χ4v) is 2.39. The van der Waals surface area contributed by atoms with Crippen molar-refractivity contribution in [2.24, 2.45) is 0 Å². The maximum atomic E-state index is 11.8. The lowest BCUT2D eigenvalue weighted by Crippen LogP contribution is -2.24. The van der Waals surface area contributed by atoms with Crippen molar-refractivity contribution >= 4 is 11.9 Å². The van der Waals surface area contributed by atoms with Crippen molar-refractivity contribution in [1.29, 1.82) is 0 Å². The van der Waals surface area contributed by atoms with Crippen LogP contribution in [0.2, 0.25) is 0 Å². The normalized spacial score (nSPS) is 11.0. The van der Waals surface area contributed by atoms with E-state index in [0.717, 1.165) is 51.4 Å². The van der Waals surface area contributed by atoms with Gasteiger partial charge in [0.2, 0.25) is 0 Å². The minimum absolute atomic E-state index is 0.0672.